The second-order valence-corrected chi connectivity index (χ2v) is 32.2. The summed E-state index contributed by atoms with van der Waals surface area (Å²) in [6, 6.07) is 122. The van der Waals surface area contributed by atoms with Gasteiger partial charge in [0.05, 0.1) is 8.80 Å². The lowest BCUT2D eigenvalue weighted by Gasteiger charge is -2.30. The van der Waals surface area contributed by atoms with E-state index in [0.717, 1.165) is 45.3 Å². The third-order valence-corrected chi connectivity index (χ3v) is 21.6. The van der Waals surface area contributed by atoms with E-state index in [1.54, 1.807) is 0 Å². The first-order valence-corrected chi connectivity index (χ1v) is 37.3. The molecular formula is C87H70N2SSi. The number of nitrogens with zero attached hydrogens (tertiary/aromatic N) is 2. The van der Waals surface area contributed by atoms with Crippen LogP contribution in [0.2, 0.25) is 13.1 Å². The molecule has 15 rings (SSSR count). The molecule has 0 radical (unpaired) electrons. The first kappa shape index (κ1) is 57.0. The summed E-state index contributed by atoms with van der Waals surface area (Å²) < 4.78 is 0. The fourth-order valence-electron chi connectivity index (χ4n) is 13.3. The lowest BCUT2D eigenvalue weighted by molar-refractivity contribution is 1.27. The molecule has 0 bridgehead atoms. The topological polar surface area (TPSA) is 6.48 Å². The third kappa shape index (κ3) is 11.3. The molecule has 438 valence electrons. The highest BCUT2D eigenvalue weighted by Crippen LogP contribution is 2.51. The number of anilines is 6. The van der Waals surface area contributed by atoms with Crippen molar-refractivity contribution in [2.24, 2.45) is 0 Å². The van der Waals surface area contributed by atoms with Gasteiger partial charge in [-0.25, -0.2) is 10.0 Å². The number of benzene rings is 15. The standard InChI is InChI=1S/C87H70N2SSi/c1-90(2,3)80-50-44-76(45-51-80)88(74-40-36-64(37-41-74)60-16-8-6-9-17-60)78-48-54-82-84(58-78)86(68-30-24-66(25-31-68)72-34-28-62-20-12-14-22-70(62)56-72)83-55-49-79(59-85(83)87(82)69-32-26-67(27-33-69)73-35-29-63-21-13-15-23-71(63)57-73)89(77-46-52-81(53-47-77)91(4)5)75-42-38-65(39-43-75)61-18-10-7-11-19-61/h6-59,91H,1-5H3. The molecule has 15 aromatic rings. The maximum atomic E-state index is 2.47. The van der Waals surface area contributed by atoms with E-state index in [4.69, 9.17) is 0 Å². The highest BCUT2D eigenvalue weighted by molar-refractivity contribution is 8.32. The molecule has 0 amide bonds. The van der Waals surface area contributed by atoms with Crippen LogP contribution in [0.4, 0.5) is 34.1 Å². The lowest BCUT2D eigenvalue weighted by Crippen LogP contribution is -2.22. The van der Waals surface area contributed by atoms with Gasteiger partial charge in [0.2, 0.25) is 0 Å². The van der Waals surface area contributed by atoms with Gasteiger partial charge < -0.3 is 9.80 Å². The molecule has 0 aliphatic carbocycles. The normalized spacial score (nSPS) is 11.8. The van der Waals surface area contributed by atoms with E-state index in [1.165, 1.54) is 109 Å². The van der Waals surface area contributed by atoms with E-state index in [0.29, 0.717) is 0 Å². The molecule has 0 atom stereocenters. The Bertz CT molecular complexity index is 5120. The minimum atomic E-state index is -1.06. The monoisotopic (exact) mass is 1200 g/mol. The van der Waals surface area contributed by atoms with Crippen LogP contribution in [-0.2, 0) is 0 Å². The summed E-state index contributed by atoms with van der Waals surface area (Å²) in [6.07, 6.45) is 7.11. The van der Waals surface area contributed by atoms with Crippen LogP contribution in [0.3, 0.4) is 0 Å². The molecule has 0 saturated heterocycles. The first-order valence-electron chi connectivity index (χ1n) is 31.6. The van der Waals surface area contributed by atoms with Gasteiger partial charge in [0.1, 0.15) is 0 Å². The van der Waals surface area contributed by atoms with Gasteiger partial charge in [-0.1, -0.05) is 249 Å². The average molecular weight is 1200 g/mol. The predicted molar refractivity (Wildman–Crippen MR) is 401 cm³/mol. The number of fused-ring (bicyclic) bond motifs is 4. The van der Waals surface area contributed by atoms with Gasteiger partial charge in [-0.2, -0.15) is 0 Å². The zero-order chi connectivity index (χ0) is 61.6. The minimum absolute atomic E-state index is 0.964. The van der Waals surface area contributed by atoms with Crippen LogP contribution in [0.25, 0.3) is 110 Å². The van der Waals surface area contributed by atoms with Crippen molar-refractivity contribution in [2.45, 2.75) is 18.0 Å². The van der Waals surface area contributed by atoms with Gasteiger partial charge >= 0.3 is 0 Å². The summed E-state index contributed by atoms with van der Waals surface area (Å²) in [5, 5.41) is 11.1. The summed E-state index contributed by atoms with van der Waals surface area (Å²) in [6.45, 7) is 4.81. The smallest absolute Gasteiger partial charge is 0.0647 e. The Morgan fingerprint density at radius 3 is 0.912 bits per heavy atom. The Labute approximate surface area is 538 Å². The van der Waals surface area contributed by atoms with Crippen LogP contribution < -0.4 is 15.0 Å². The van der Waals surface area contributed by atoms with E-state index in [2.05, 4.69) is 369 Å². The Morgan fingerprint density at radius 1 is 0.231 bits per heavy atom. The van der Waals surface area contributed by atoms with Crippen molar-refractivity contribution in [1.82, 2.24) is 0 Å². The predicted octanol–water partition coefficient (Wildman–Crippen LogP) is 24.0. The Hall–Kier alpha value is -10.5. The van der Waals surface area contributed by atoms with Crippen molar-refractivity contribution >= 4 is 101 Å². The molecule has 0 heterocycles. The lowest BCUT2D eigenvalue weighted by atomic mass is 9.84. The minimum Gasteiger partial charge on any atom is -0.310 e. The summed E-state index contributed by atoms with van der Waals surface area (Å²) >= 11 is 0. The highest BCUT2D eigenvalue weighted by Gasteiger charge is 2.24. The van der Waals surface area contributed by atoms with Gasteiger partial charge in [0.25, 0.3) is 0 Å². The van der Waals surface area contributed by atoms with Crippen LogP contribution >= 0.6 is 10.0 Å². The molecule has 0 N–H and O–H groups in total. The van der Waals surface area contributed by atoms with Crippen LogP contribution in [0.15, 0.2) is 332 Å². The molecule has 0 unspecified atom stereocenters. The van der Waals surface area contributed by atoms with Crippen molar-refractivity contribution in [1.29, 1.82) is 0 Å². The Kier molecular flexibility index (Phi) is 15.1. The molecule has 2 nitrogen and oxygen atoms in total. The molecule has 4 heteroatoms. The van der Waals surface area contributed by atoms with Gasteiger partial charge in [-0.3, -0.25) is 0 Å². The van der Waals surface area contributed by atoms with Gasteiger partial charge in [0.15, 0.2) is 0 Å². The van der Waals surface area contributed by atoms with E-state index < -0.39 is 18.8 Å². The molecule has 0 aliphatic heterocycles. The molecule has 15 aromatic carbocycles. The summed E-state index contributed by atoms with van der Waals surface area (Å²) in [5.41, 5.74) is 20.8. The van der Waals surface area contributed by atoms with Gasteiger partial charge in [-0.05, 0) is 231 Å². The fourth-order valence-corrected chi connectivity index (χ4v) is 15.2. The largest absolute Gasteiger partial charge is 0.310 e. The molecule has 0 saturated carbocycles. The SMILES string of the molecule is C[SiH](C)c1ccc(N(c2ccc(-c3ccccc3)cc2)c2ccc3c(-c4ccc(-c5ccc6ccccc6c5)cc4)c4cc(N(c5ccc(-c6ccccc6)cc5)c5ccc(S(C)(C)C)cc5)ccc4c(-c4ccc(-c5ccc6ccccc6c5)cc4)c3c2)cc1. The van der Waals surface area contributed by atoms with Crippen molar-refractivity contribution < 1.29 is 0 Å². The number of hydrogen-bond donors (Lipinski definition) is 0. The van der Waals surface area contributed by atoms with E-state index >= 15 is 0 Å². The van der Waals surface area contributed by atoms with Crippen molar-refractivity contribution in [2.75, 3.05) is 28.6 Å². The number of hydrogen-bond acceptors (Lipinski definition) is 2. The summed E-state index contributed by atoms with van der Waals surface area (Å²) in [7, 11) is -2.03. The number of rotatable bonds is 14. The fraction of sp³-hybridized carbons (Fsp3) is 0.0575. The molecular weight excluding hydrogens is 1130 g/mol. The molecule has 0 spiro atoms. The van der Waals surface area contributed by atoms with Crippen LogP contribution in [0.5, 0.6) is 0 Å². The van der Waals surface area contributed by atoms with E-state index in [1.807, 2.05) is 0 Å². The van der Waals surface area contributed by atoms with Crippen molar-refractivity contribution in [3.05, 3.63) is 328 Å². The van der Waals surface area contributed by atoms with Crippen LogP contribution in [-0.4, -0.2) is 27.6 Å². The zero-order valence-corrected chi connectivity index (χ0v) is 54.0. The molecule has 0 aliphatic rings. The molecule has 0 fully saturated rings. The summed E-state index contributed by atoms with van der Waals surface area (Å²) in [4.78, 5) is 6.27. The third-order valence-electron chi connectivity index (χ3n) is 18.2. The second-order valence-electron chi connectivity index (χ2n) is 25.1. The quantitative estimate of drug-likeness (QED) is 0.0791. The Morgan fingerprint density at radius 2 is 0.527 bits per heavy atom. The maximum Gasteiger partial charge on any atom is 0.0647 e. The molecule has 91 heavy (non-hydrogen) atoms. The highest BCUT2D eigenvalue weighted by atomic mass is 32.3. The van der Waals surface area contributed by atoms with Gasteiger partial charge in [-0.15, -0.1) is 0 Å². The zero-order valence-electron chi connectivity index (χ0n) is 52.1. The second kappa shape index (κ2) is 24.1. The average Bonchev–Trinajstić information content (AvgIpc) is 0.759. The van der Waals surface area contributed by atoms with E-state index in [-0.39, 0.29) is 0 Å². The van der Waals surface area contributed by atoms with Crippen LogP contribution in [0, 0.1) is 0 Å². The van der Waals surface area contributed by atoms with Crippen molar-refractivity contribution in [3.8, 4) is 66.8 Å². The van der Waals surface area contributed by atoms with E-state index in [9.17, 15) is 0 Å². The van der Waals surface area contributed by atoms with Crippen LogP contribution in [0.1, 0.15) is 0 Å². The Balaban J connectivity index is 0.983. The van der Waals surface area contributed by atoms with Crippen molar-refractivity contribution in [3.63, 3.8) is 0 Å². The summed E-state index contributed by atoms with van der Waals surface area (Å²) in [5.74, 6) is 0. The first-order chi connectivity index (χ1) is 44.5. The molecule has 0 aromatic heterocycles. The maximum absolute atomic E-state index is 2.47. The van der Waals surface area contributed by atoms with Gasteiger partial charge in [0, 0.05) is 34.1 Å².